The van der Waals surface area contributed by atoms with E-state index in [0.29, 0.717) is 0 Å². The average molecular weight is 202 g/mol. The quantitative estimate of drug-likeness (QED) is 0.479. The molecule has 5 heteroatoms. The van der Waals surface area contributed by atoms with E-state index in [9.17, 15) is 14.7 Å². The molecular formula is C9H14O5. The van der Waals surface area contributed by atoms with Crippen LogP contribution in [0.2, 0.25) is 0 Å². The van der Waals surface area contributed by atoms with Crippen LogP contribution in [0.4, 0.5) is 0 Å². The van der Waals surface area contributed by atoms with Gasteiger partial charge in [0, 0.05) is 18.4 Å². The van der Waals surface area contributed by atoms with Gasteiger partial charge in [0.25, 0.3) is 0 Å². The number of ether oxygens (including phenoxy) is 1. The van der Waals surface area contributed by atoms with Crippen LogP contribution in [0.1, 0.15) is 19.3 Å². The van der Waals surface area contributed by atoms with Crippen molar-refractivity contribution in [1.82, 2.24) is 0 Å². The third kappa shape index (κ3) is 5.31. The first kappa shape index (κ1) is 12.6. The summed E-state index contributed by atoms with van der Waals surface area (Å²) >= 11 is 0. The minimum Gasteiger partial charge on any atom is -0.481 e. The van der Waals surface area contributed by atoms with Gasteiger partial charge in [0.1, 0.15) is 0 Å². The first-order chi connectivity index (χ1) is 6.47. The molecule has 2 N–H and O–H groups in total. The maximum absolute atomic E-state index is 10.8. The number of aliphatic hydroxyl groups excluding tert-OH is 1. The van der Waals surface area contributed by atoms with Crippen molar-refractivity contribution in [2.45, 2.75) is 25.4 Å². The molecule has 0 aromatic carbocycles. The Morgan fingerprint density at radius 1 is 1.50 bits per heavy atom. The van der Waals surface area contributed by atoms with E-state index in [1.807, 2.05) is 0 Å². The fraction of sp³-hybridized carbons (Fsp3) is 0.556. The molecular weight excluding hydrogens is 188 g/mol. The number of hydrogen-bond acceptors (Lipinski definition) is 4. The molecule has 0 aromatic heterocycles. The molecule has 0 aromatic rings. The molecule has 0 aliphatic carbocycles. The zero-order valence-electron chi connectivity index (χ0n) is 8.02. The number of methoxy groups -OCH3 is 1. The molecule has 80 valence electrons. The van der Waals surface area contributed by atoms with Crippen LogP contribution in [-0.4, -0.2) is 35.4 Å². The fourth-order valence-corrected chi connectivity index (χ4v) is 0.904. The lowest BCUT2D eigenvalue weighted by Gasteiger charge is -2.09. The van der Waals surface area contributed by atoms with Gasteiger partial charge in [-0.2, -0.15) is 0 Å². The van der Waals surface area contributed by atoms with E-state index in [2.05, 4.69) is 11.3 Å². The summed E-state index contributed by atoms with van der Waals surface area (Å²) < 4.78 is 4.37. The summed E-state index contributed by atoms with van der Waals surface area (Å²) in [5.41, 5.74) is 0.144. The number of aliphatic carboxylic acids is 1. The minimum absolute atomic E-state index is 0.0416. The summed E-state index contributed by atoms with van der Waals surface area (Å²) in [7, 11) is 1.22. The van der Waals surface area contributed by atoms with E-state index in [4.69, 9.17) is 5.11 Å². The lowest BCUT2D eigenvalue weighted by molar-refractivity contribution is -0.137. The van der Waals surface area contributed by atoms with Crippen molar-refractivity contribution in [2.24, 2.45) is 0 Å². The Morgan fingerprint density at radius 2 is 2.07 bits per heavy atom. The lowest BCUT2D eigenvalue weighted by atomic mass is 10.1. The van der Waals surface area contributed by atoms with Crippen molar-refractivity contribution in [3.05, 3.63) is 12.2 Å². The third-order valence-electron chi connectivity index (χ3n) is 1.65. The van der Waals surface area contributed by atoms with Crippen LogP contribution in [0.15, 0.2) is 12.2 Å². The molecule has 0 rings (SSSR count). The van der Waals surface area contributed by atoms with E-state index in [0.717, 1.165) is 0 Å². The second-order valence-electron chi connectivity index (χ2n) is 2.89. The number of esters is 1. The van der Waals surface area contributed by atoms with Gasteiger partial charge in [0.15, 0.2) is 0 Å². The molecule has 0 bridgehead atoms. The highest BCUT2D eigenvalue weighted by molar-refractivity contribution is 5.87. The fourth-order valence-electron chi connectivity index (χ4n) is 0.904. The van der Waals surface area contributed by atoms with Crippen LogP contribution in [0.3, 0.4) is 0 Å². The number of hydrogen-bond donors (Lipinski definition) is 2. The number of carboxylic acids is 1. The van der Waals surface area contributed by atoms with Gasteiger partial charge in [-0.15, -0.1) is 0 Å². The monoisotopic (exact) mass is 202 g/mol. The van der Waals surface area contributed by atoms with Crippen LogP contribution >= 0.6 is 0 Å². The molecule has 0 aliphatic rings. The molecule has 0 saturated carbocycles. The number of carbonyl (C=O) groups is 2. The molecule has 0 radical (unpaired) electrons. The minimum atomic E-state index is -0.979. The largest absolute Gasteiger partial charge is 0.481 e. The van der Waals surface area contributed by atoms with Crippen LogP contribution in [-0.2, 0) is 14.3 Å². The summed E-state index contributed by atoms with van der Waals surface area (Å²) in [4.78, 5) is 21.0. The van der Waals surface area contributed by atoms with E-state index in [-0.39, 0.29) is 24.8 Å². The van der Waals surface area contributed by atoms with Crippen LogP contribution in [0.25, 0.3) is 0 Å². The molecule has 5 nitrogen and oxygen atoms in total. The van der Waals surface area contributed by atoms with Gasteiger partial charge in [0.05, 0.1) is 13.2 Å². The van der Waals surface area contributed by atoms with Crippen molar-refractivity contribution < 1.29 is 24.5 Å². The highest BCUT2D eigenvalue weighted by atomic mass is 16.5. The van der Waals surface area contributed by atoms with Crippen molar-refractivity contribution >= 4 is 11.9 Å². The van der Waals surface area contributed by atoms with Crippen molar-refractivity contribution in [3.63, 3.8) is 0 Å². The Hall–Kier alpha value is -1.36. The van der Waals surface area contributed by atoms with Crippen molar-refractivity contribution in [2.75, 3.05) is 7.11 Å². The van der Waals surface area contributed by atoms with Crippen LogP contribution in [0, 0.1) is 0 Å². The summed E-state index contributed by atoms with van der Waals surface area (Å²) in [6.45, 7) is 3.41. The summed E-state index contributed by atoms with van der Waals surface area (Å²) in [5, 5.41) is 17.6. The maximum Gasteiger partial charge on any atom is 0.333 e. The van der Waals surface area contributed by atoms with Crippen LogP contribution < -0.4 is 0 Å². The molecule has 0 aliphatic heterocycles. The third-order valence-corrected chi connectivity index (χ3v) is 1.65. The van der Waals surface area contributed by atoms with E-state index in [1.54, 1.807) is 0 Å². The van der Waals surface area contributed by atoms with Crippen LogP contribution in [0.5, 0.6) is 0 Å². The van der Waals surface area contributed by atoms with E-state index in [1.165, 1.54) is 7.11 Å². The van der Waals surface area contributed by atoms with Gasteiger partial charge in [-0.3, -0.25) is 4.79 Å². The second kappa shape index (κ2) is 6.15. The summed E-state index contributed by atoms with van der Waals surface area (Å²) in [6, 6.07) is 0. The number of carboxylic acid groups (broad SMARTS) is 1. The Labute approximate surface area is 82.0 Å². The molecule has 0 heterocycles. The molecule has 0 spiro atoms. The summed E-state index contributed by atoms with van der Waals surface area (Å²) in [6.07, 6.45) is -0.848. The second-order valence-corrected chi connectivity index (χ2v) is 2.89. The molecule has 1 atom stereocenters. The Balaban J connectivity index is 3.82. The van der Waals surface area contributed by atoms with Gasteiger partial charge in [-0.25, -0.2) is 4.79 Å². The van der Waals surface area contributed by atoms with Gasteiger partial charge in [-0.05, 0) is 6.42 Å². The number of rotatable bonds is 6. The Morgan fingerprint density at radius 3 is 2.50 bits per heavy atom. The number of aliphatic hydroxyl groups is 1. The predicted octanol–water partition coefficient (Wildman–Crippen LogP) is 0.331. The van der Waals surface area contributed by atoms with Gasteiger partial charge in [0.2, 0.25) is 0 Å². The van der Waals surface area contributed by atoms with Gasteiger partial charge >= 0.3 is 11.9 Å². The Bertz CT molecular complexity index is 233. The summed E-state index contributed by atoms with van der Waals surface area (Å²) in [5.74, 6) is -1.56. The SMILES string of the molecule is C=C(CC(O)CCC(=O)O)C(=O)OC. The van der Waals surface area contributed by atoms with Crippen molar-refractivity contribution in [1.29, 1.82) is 0 Å². The van der Waals surface area contributed by atoms with Gasteiger partial charge in [-0.1, -0.05) is 6.58 Å². The highest BCUT2D eigenvalue weighted by Crippen LogP contribution is 2.09. The maximum atomic E-state index is 10.8. The molecule has 0 amide bonds. The zero-order chi connectivity index (χ0) is 11.1. The standard InChI is InChI=1S/C9H14O5/c1-6(9(13)14-2)5-7(10)3-4-8(11)12/h7,10H,1,3-5H2,2H3,(H,11,12). The molecule has 0 saturated heterocycles. The van der Waals surface area contributed by atoms with E-state index >= 15 is 0 Å². The first-order valence-corrected chi connectivity index (χ1v) is 4.13. The first-order valence-electron chi connectivity index (χ1n) is 4.13. The van der Waals surface area contributed by atoms with Gasteiger partial charge < -0.3 is 14.9 Å². The Kier molecular flexibility index (Phi) is 5.55. The molecule has 0 fully saturated rings. The molecule has 1 unspecified atom stereocenters. The zero-order valence-corrected chi connectivity index (χ0v) is 8.02. The average Bonchev–Trinajstić information content (AvgIpc) is 2.13. The molecule has 14 heavy (non-hydrogen) atoms. The topological polar surface area (TPSA) is 83.8 Å². The normalized spacial score (nSPS) is 11.9. The smallest absolute Gasteiger partial charge is 0.333 e. The number of carbonyl (C=O) groups excluding carboxylic acids is 1. The van der Waals surface area contributed by atoms with E-state index < -0.39 is 18.0 Å². The lowest BCUT2D eigenvalue weighted by Crippen LogP contribution is -2.14. The predicted molar refractivity (Wildman–Crippen MR) is 48.6 cm³/mol. The highest BCUT2D eigenvalue weighted by Gasteiger charge is 2.13. The van der Waals surface area contributed by atoms with Crippen molar-refractivity contribution in [3.8, 4) is 0 Å².